The van der Waals surface area contributed by atoms with E-state index in [4.69, 9.17) is 4.74 Å². The van der Waals surface area contributed by atoms with Crippen molar-refractivity contribution in [2.75, 3.05) is 25.6 Å². The van der Waals surface area contributed by atoms with Gasteiger partial charge in [-0.25, -0.2) is 9.97 Å². The summed E-state index contributed by atoms with van der Waals surface area (Å²) < 4.78 is 5.75. The van der Waals surface area contributed by atoms with Gasteiger partial charge in [0, 0.05) is 25.7 Å². The van der Waals surface area contributed by atoms with Gasteiger partial charge in [-0.2, -0.15) is 0 Å². The van der Waals surface area contributed by atoms with Crippen LogP contribution in [0.2, 0.25) is 0 Å². The normalized spacial score (nSPS) is 12.8. The van der Waals surface area contributed by atoms with Gasteiger partial charge in [-0.3, -0.25) is 0 Å². The lowest BCUT2D eigenvalue weighted by Crippen LogP contribution is -2.26. The average molecular weight is 318 g/mol. The number of aliphatic hydroxyl groups excluding tert-OH is 1. The Balaban J connectivity index is 2.75. The molecule has 0 radical (unpaired) electrons. The second kappa shape index (κ2) is 7.66. The number of hydrogen-bond donors (Lipinski definition) is 2. The van der Waals surface area contributed by atoms with Crippen molar-refractivity contribution in [1.82, 2.24) is 9.97 Å². The molecular weight excluding hydrogens is 298 g/mol. The minimum absolute atomic E-state index is 0.0436. The number of nitrogens with zero attached hydrogens (tertiary/aromatic N) is 2. The quantitative estimate of drug-likeness (QED) is 0.754. The minimum atomic E-state index is -0.0632. The van der Waals surface area contributed by atoms with E-state index in [0.29, 0.717) is 6.61 Å². The molecule has 0 amide bonds. The van der Waals surface area contributed by atoms with E-state index < -0.39 is 0 Å². The zero-order chi connectivity index (χ0) is 13.5. The number of halogens is 1. The molecule has 1 heterocycles. The summed E-state index contributed by atoms with van der Waals surface area (Å²) in [4.78, 5) is 8.73. The Hall–Kier alpha value is -0.720. The van der Waals surface area contributed by atoms with Gasteiger partial charge >= 0.3 is 0 Å². The van der Waals surface area contributed by atoms with Crippen LogP contribution in [0, 0.1) is 0 Å². The van der Waals surface area contributed by atoms with E-state index in [0.717, 1.165) is 22.7 Å². The summed E-state index contributed by atoms with van der Waals surface area (Å²) in [6.07, 6.45) is 0.728. The molecule has 1 atom stereocenters. The third-order valence-electron chi connectivity index (χ3n) is 2.47. The molecule has 0 aliphatic carbocycles. The molecule has 0 saturated heterocycles. The molecule has 102 valence electrons. The zero-order valence-corrected chi connectivity index (χ0v) is 12.6. The zero-order valence-electron chi connectivity index (χ0n) is 11.0. The Morgan fingerprint density at radius 2 is 2.17 bits per heavy atom. The van der Waals surface area contributed by atoms with Crippen molar-refractivity contribution in [1.29, 1.82) is 0 Å². The van der Waals surface area contributed by atoms with Crippen molar-refractivity contribution in [2.45, 2.75) is 32.2 Å². The fourth-order valence-corrected chi connectivity index (χ4v) is 1.84. The molecule has 1 rings (SSSR count). The van der Waals surface area contributed by atoms with Crippen LogP contribution < -0.4 is 5.32 Å². The summed E-state index contributed by atoms with van der Waals surface area (Å²) in [5, 5.41) is 12.5. The van der Waals surface area contributed by atoms with Crippen molar-refractivity contribution in [3.05, 3.63) is 16.5 Å². The monoisotopic (exact) mass is 317 g/mol. The Morgan fingerprint density at radius 1 is 1.44 bits per heavy atom. The molecule has 0 spiro atoms. The third kappa shape index (κ3) is 4.88. The van der Waals surface area contributed by atoms with Gasteiger partial charge in [0.25, 0.3) is 0 Å². The molecule has 0 saturated carbocycles. The summed E-state index contributed by atoms with van der Waals surface area (Å²) in [5.41, 5.74) is 0. The second-order valence-electron chi connectivity index (χ2n) is 4.39. The summed E-state index contributed by atoms with van der Waals surface area (Å²) >= 11 is 3.37. The Kier molecular flexibility index (Phi) is 6.52. The van der Waals surface area contributed by atoms with E-state index in [-0.39, 0.29) is 18.6 Å². The van der Waals surface area contributed by atoms with E-state index >= 15 is 0 Å². The molecular formula is C12H20BrN3O2. The van der Waals surface area contributed by atoms with Gasteiger partial charge in [0.2, 0.25) is 0 Å². The van der Waals surface area contributed by atoms with Crippen LogP contribution in [0.5, 0.6) is 0 Å². The first-order valence-corrected chi connectivity index (χ1v) is 6.77. The average Bonchev–Trinajstić information content (AvgIpc) is 2.33. The molecule has 18 heavy (non-hydrogen) atoms. The molecule has 1 aromatic heterocycles. The van der Waals surface area contributed by atoms with Crippen LogP contribution in [0.15, 0.2) is 10.7 Å². The third-order valence-corrected chi connectivity index (χ3v) is 2.88. The number of ether oxygens (including phenoxy) is 1. The van der Waals surface area contributed by atoms with E-state index in [9.17, 15) is 5.11 Å². The summed E-state index contributed by atoms with van der Waals surface area (Å²) in [6.45, 7) is 4.73. The van der Waals surface area contributed by atoms with Crippen molar-refractivity contribution in [3.63, 3.8) is 0 Å². The van der Waals surface area contributed by atoms with E-state index in [1.807, 2.05) is 13.8 Å². The first-order chi connectivity index (χ1) is 8.56. The summed E-state index contributed by atoms with van der Waals surface area (Å²) in [7, 11) is 1.65. The SMILES string of the molecule is COCCC(CO)Nc1cc(Br)nc(C(C)C)n1. The van der Waals surface area contributed by atoms with E-state index in [2.05, 4.69) is 31.2 Å². The smallest absolute Gasteiger partial charge is 0.134 e. The number of rotatable bonds is 7. The van der Waals surface area contributed by atoms with Crippen LogP contribution in [-0.2, 0) is 4.74 Å². The Morgan fingerprint density at radius 3 is 2.72 bits per heavy atom. The van der Waals surface area contributed by atoms with Crippen molar-refractivity contribution in [3.8, 4) is 0 Å². The van der Waals surface area contributed by atoms with Gasteiger partial charge in [-0.15, -0.1) is 0 Å². The topological polar surface area (TPSA) is 67.3 Å². The second-order valence-corrected chi connectivity index (χ2v) is 5.21. The molecule has 0 bridgehead atoms. The van der Waals surface area contributed by atoms with E-state index in [1.54, 1.807) is 13.2 Å². The van der Waals surface area contributed by atoms with Gasteiger partial charge in [0.15, 0.2) is 0 Å². The maximum absolute atomic E-state index is 9.29. The fourth-order valence-electron chi connectivity index (χ4n) is 1.45. The lowest BCUT2D eigenvalue weighted by atomic mass is 10.2. The van der Waals surface area contributed by atoms with Crippen LogP contribution in [0.25, 0.3) is 0 Å². The van der Waals surface area contributed by atoms with Gasteiger partial charge in [0.05, 0.1) is 12.6 Å². The molecule has 0 aromatic carbocycles. The van der Waals surface area contributed by atoms with Crippen LogP contribution >= 0.6 is 15.9 Å². The Bertz CT molecular complexity index is 374. The van der Waals surface area contributed by atoms with Gasteiger partial charge in [0.1, 0.15) is 16.2 Å². The predicted molar refractivity (Wildman–Crippen MR) is 74.8 cm³/mol. The first kappa shape index (κ1) is 15.3. The number of hydrogen-bond acceptors (Lipinski definition) is 5. The largest absolute Gasteiger partial charge is 0.394 e. The lowest BCUT2D eigenvalue weighted by Gasteiger charge is -2.17. The van der Waals surface area contributed by atoms with Crippen molar-refractivity contribution >= 4 is 21.7 Å². The maximum Gasteiger partial charge on any atom is 0.134 e. The molecule has 0 aliphatic rings. The number of anilines is 1. The number of methoxy groups -OCH3 is 1. The molecule has 5 nitrogen and oxygen atoms in total. The molecule has 1 aromatic rings. The Labute approximate surface area is 116 Å². The number of nitrogens with one attached hydrogen (secondary N) is 1. The van der Waals surface area contributed by atoms with Crippen LogP contribution in [0.4, 0.5) is 5.82 Å². The fraction of sp³-hybridized carbons (Fsp3) is 0.667. The summed E-state index contributed by atoms with van der Waals surface area (Å²) in [6, 6.07) is 1.74. The highest BCUT2D eigenvalue weighted by Gasteiger charge is 2.11. The highest BCUT2D eigenvalue weighted by Crippen LogP contribution is 2.18. The predicted octanol–water partition coefficient (Wildman–Crippen LogP) is 2.17. The maximum atomic E-state index is 9.29. The molecule has 0 fully saturated rings. The number of aromatic nitrogens is 2. The van der Waals surface area contributed by atoms with Crippen LogP contribution in [-0.4, -0.2) is 41.4 Å². The van der Waals surface area contributed by atoms with E-state index in [1.165, 1.54) is 0 Å². The van der Waals surface area contributed by atoms with Gasteiger partial charge < -0.3 is 15.2 Å². The standard InChI is InChI=1S/C12H20BrN3O2/c1-8(2)12-15-10(13)6-11(16-12)14-9(7-17)4-5-18-3/h6,8-9,17H,4-5,7H2,1-3H3,(H,14,15,16). The molecule has 2 N–H and O–H groups in total. The molecule has 0 aliphatic heterocycles. The van der Waals surface area contributed by atoms with Crippen molar-refractivity contribution in [2.24, 2.45) is 0 Å². The van der Waals surface area contributed by atoms with Crippen LogP contribution in [0.3, 0.4) is 0 Å². The highest BCUT2D eigenvalue weighted by atomic mass is 79.9. The van der Waals surface area contributed by atoms with Gasteiger partial charge in [-0.05, 0) is 22.4 Å². The minimum Gasteiger partial charge on any atom is -0.394 e. The molecule has 1 unspecified atom stereocenters. The van der Waals surface area contributed by atoms with Crippen molar-refractivity contribution < 1.29 is 9.84 Å². The van der Waals surface area contributed by atoms with Gasteiger partial charge in [-0.1, -0.05) is 13.8 Å². The first-order valence-electron chi connectivity index (χ1n) is 5.97. The number of aliphatic hydroxyl groups is 1. The lowest BCUT2D eigenvalue weighted by molar-refractivity contribution is 0.174. The molecule has 6 heteroatoms. The highest BCUT2D eigenvalue weighted by molar-refractivity contribution is 9.10. The van der Waals surface area contributed by atoms with Crippen LogP contribution in [0.1, 0.15) is 32.0 Å². The summed E-state index contributed by atoms with van der Waals surface area (Å²) in [5.74, 6) is 1.75.